The molecule has 5 nitrogen and oxygen atoms in total. The number of para-hydroxylation sites is 1. The maximum absolute atomic E-state index is 14.5. The van der Waals surface area contributed by atoms with Crippen LogP contribution in [0.1, 0.15) is 24.0 Å². The summed E-state index contributed by atoms with van der Waals surface area (Å²) in [4.78, 5) is 20.6. The van der Waals surface area contributed by atoms with E-state index in [9.17, 15) is 9.18 Å². The maximum Gasteiger partial charge on any atom is 0.229 e. The van der Waals surface area contributed by atoms with Gasteiger partial charge in [-0.2, -0.15) is 0 Å². The largest absolute Gasteiger partial charge is 0.381 e. The number of pyridine rings is 1. The summed E-state index contributed by atoms with van der Waals surface area (Å²) in [5.74, 6) is 0.0247. The number of rotatable bonds is 5. The van der Waals surface area contributed by atoms with E-state index in [2.05, 4.69) is 29.2 Å². The molecule has 178 valence electrons. The Hall–Kier alpha value is -2.83. The van der Waals surface area contributed by atoms with E-state index in [0.717, 1.165) is 17.3 Å². The van der Waals surface area contributed by atoms with Crippen LogP contribution >= 0.6 is 0 Å². The monoisotopic (exact) mass is 462 g/mol. The molecule has 2 fully saturated rings. The van der Waals surface area contributed by atoms with E-state index in [4.69, 9.17) is 9.47 Å². The highest BCUT2D eigenvalue weighted by molar-refractivity contribution is 5.83. The molecule has 0 aliphatic carbocycles. The summed E-state index contributed by atoms with van der Waals surface area (Å²) in [5, 5.41) is 1.12. The molecule has 5 rings (SSSR count). The molecule has 1 amide bonds. The normalized spacial score (nSPS) is 20.7. The summed E-state index contributed by atoms with van der Waals surface area (Å²) >= 11 is 0. The number of amides is 1. The van der Waals surface area contributed by atoms with Crippen LogP contribution in [0, 0.1) is 17.2 Å². The smallest absolute Gasteiger partial charge is 0.229 e. The standard InChI is InChI=1S/C28H31FN2O3/c29-25-9-2-1-5-24(25)18-28(10-14-33-15-11-28)27(32)31-13-16-34-20-21(19-31)17-23-7-3-6-22-8-4-12-30-26(22)23/h1-9,12,21H,10-11,13-20H2/t21-/m1/s1. The van der Waals surface area contributed by atoms with Crippen molar-refractivity contribution in [1.29, 1.82) is 0 Å². The Labute approximate surface area is 199 Å². The summed E-state index contributed by atoms with van der Waals surface area (Å²) < 4.78 is 26.1. The third-order valence-electron chi connectivity index (χ3n) is 7.24. The molecule has 0 bridgehead atoms. The third-order valence-corrected chi connectivity index (χ3v) is 7.24. The van der Waals surface area contributed by atoms with E-state index >= 15 is 0 Å². The van der Waals surface area contributed by atoms with Gasteiger partial charge in [0.2, 0.25) is 5.91 Å². The van der Waals surface area contributed by atoms with E-state index in [-0.39, 0.29) is 17.6 Å². The van der Waals surface area contributed by atoms with Crippen molar-refractivity contribution in [2.75, 3.05) is 39.5 Å². The van der Waals surface area contributed by atoms with Crippen LogP contribution in [-0.2, 0) is 27.1 Å². The van der Waals surface area contributed by atoms with Gasteiger partial charge in [0, 0.05) is 43.8 Å². The van der Waals surface area contributed by atoms with Crippen molar-refractivity contribution < 1.29 is 18.7 Å². The summed E-state index contributed by atoms with van der Waals surface area (Å²) in [7, 11) is 0. The Kier molecular flexibility index (Phi) is 6.88. The van der Waals surface area contributed by atoms with Crippen LogP contribution in [0.4, 0.5) is 4.39 Å². The van der Waals surface area contributed by atoms with Crippen molar-refractivity contribution in [1.82, 2.24) is 9.88 Å². The Bertz CT molecular complexity index is 1140. The Morgan fingerprint density at radius 3 is 2.65 bits per heavy atom. The predicted molar refractivity (Wildman–Crippen MR) is 129 cm³/mol. The number of hydrogen-bond donors (Lipinski definition) is 0. The van der Waals surface area contributed by atoms with Gasteiger partial charge in [-0.15, -0.1) is 0 Å². The average molecular weight is 463 g/mol. The van der Waals surface area contributed by atoms with Gasteiger partial charge in [-0.1, -0.05) is 42.5 Å². The minimum Gasteiger partial charge on any atom is -0.381 e. The van der Waals surface area contributed by atoms with Crippen molar-refractivity contribution in [2.24, 2.45) is 11.3 Å². The molecule has 3 aromatic rings. The predicted octanol–water partition coefficient (Wildman–Crippen LogP) is 4.43. The van der Waals surface area contributed by atoms with Gasteiger partial charge in [0.25, 0.3) is 0 Å². The molecule has 2 aliphatic heterocycles. The summed E-state index contributed by atoms with van der Waals surface area (Å²) in [6, 6.07) is 17.1. The molecule has 1 aromatic heterocycles. The van der Waals surface area contributed by atoms with E-state index in [1.54, 1.807) is 12.1 Å². The molecule has 1 atom stereocenters. The van der Waals surface area contributed by atoms with Gasteiger partial charge in [-0.05, 0) is 48.9 Å². The molecular weight excluding hydrogens is 431 g/mol. The molecule has 0 saturated carbocycles. The zero-order valence-electron chi connectivity index (χ0n) is 19.4. The average Bonchev–Trinajstić information content (AvgIpc) is 3.11. The minimum atomic E-state index is -0.643. The van der Waals surface area contributed by atoms with Crippen molar-refractivity contribution in [3.8, 4) is 0 Å². The molecule has 0 N–H and O–H groups in total. The zero-order chi connectivity index (χ0) is 23.4. The SMILES string of the molecule is O=C(N1CCOC[C@H](Cc2cccc3cccnc23)C1)C1(Cc2ccccc2F)CCOCC1. The van der Waals surface area contributed by atoms with E-state index < -0.39 is 5.41 Å². The fourth-order valence-corrected chi connectivity index (χ4v) is 5.40. The fraction of sp³-hybridized carbons (Fsp3) is 0.429. The number of hydrogen-bond acceptors (Lipinski definition) is 4. The fourth-order valence-electron chi connectivity index (χ4n) is 5.40. The molecule has 2 aromatic carbocycles. The van der Waals surface area contributed by atoms with Crippen LogP contribution < -0.4 is 0 Å². The van der Waals surface area contributed by atoms with E-state index in [1.165, 1.54) is 11.6 Å². The third kappa shape index (κ3) is 4.84. The molecule has 3 heterocycles. The second-order valence-corrected chi connectivity index (χ2v) is 9.55. The first kappa shape index (κ1) is 22.9. The number of carbonyl (C=O) groups excluding carboxylic acids is 1. The second-order valence-electron chi connectivity index (χ2n) is 9.55. The van der Waals surface area contributed by atoms with Gasteiger partial charge >= 0.3 is 0 Å². The molecule has 0 spiro atoms. The number of halogens is 1. The van der Waals surface area contributed by atoms with Crippen molar-refractivity contribution >= 4 is 16.8 Å². The molecule has 0 unspecified atom stereocenters. The lowest BCUT2D eigenvalue weighted by molar-refractivity contribution is -0.148. The molecule has 0 radical (unpaired) electrons. The second kappa shape index (κ2) is 10.2. The van der Waals surface area contributed by atoms with Crippen LogP contribution in [0.25, 0.3) is 10.9 Å². The molecule has 34 heavy (non-hydrogen) atoms. The number of fused-ring (bicyclic) bond motifs is 1. The Morgan fingerprint density at radius 2 is 1.79 bits per heavy atom. The van der Waals surface area contributed by atoms with Crippen molar-refractivity contribution in [3.05, 3.63) is 77.7 Å². The number of nitrogens with zero attached hydrogens (tertiary/aromatic N) is 2. The van der Waals surface area contributed by atoms with Gasteiger partial charge in [0.1, 0.15) is 5.82 Å². The number of benzene rings is 2. The zero-order valence-corrected chi connectivity index (χ0v) is 19.4. The first-order valence-corrected chi connectivity index (χ1v) is 12.2. The molecular formula is C28H31FN2O3. The lowest BCUT2D eigenvalue weighted by atomic mass is 9.73. The number of carbonyl (C=O) groups is 1. The first-order valence-electron chi connectivity index (χ1n) is 12.2. The van der Waals surface area contributed by atoms with Crippen LogP contribution in [0.3, 0.4) is 0 Å². The minimum absolute atomic E-state index is 0.102. The lowest BCUT2D eigenvalue weighted by Crippen LogP contribution is -2.50. The van der Waals surface area contributed by atoms with Crippen LogP contribution in [0.2, 0.25) is 0 Å². The Balaban J connectivity index is 1.37. The van der Waals surface area contributed by atoms with Crippen molar-refractivity contribution in [2.45, 2.75) is 25.7 Å². The van der Waals surface area contributed by atoms with Crippen molar-refractivity contribution in [3.63, 3.8) is 0 Å². The van der Waals surface area contributed by atoms with Crippen LogP contribution in [0.15, 0.2) is 60.8 Å². The number of ether oxygens (including phenoxy) is 2. The summed E-state index contributed by atoms with van der Waals surface area (Å²) in [6.07, 6.45) is 4.23. The van der Waals surface area contributed by atoms with Gasteiger partial charge in [-0.25, -0.2) is 4.39 Å². The van der Waals surface area contributed by atoms with Crippen LogP contribution in [-0.4, -0.2) is 55.3 Å². The van der Waals surface area contributed by atoms with E-state index in [1.807, 2.05) is 23.2 Å². The van der Waals surface area contributed by atoms with Gasteiger partial charge in [0.15, 0.2) is 0 Å². The van der Waals surface area contributed by atoms with Gasteiger partial charge < -0.3 is 14.4 Å². The molecule has 6 heteroatoms. The van der Waals surface area contributed by atoms with Gasteiger partial charge in [-0.3, -0.25) is 9.78 Å². The highest BCUT2D eigenvalue weighted by Crippen LogP contribution is 2.37. The summed E-state index contributed by atoms with van der Waals surface area (Å²) in [5.41, 5.74) is 2.14. The van der Waals surface area contributed by atoms with Gasteiger partial charge in [0.05, 0.1) is 24.1 Å². The molecule has 2 aliphatic rings. The lowest BCUT2D eigenvalue weighted by Gasteiger charge is -2.40. The quantitative estimate of drug-likeness (QED) is 0.563. The Morgan fingerprint density at radius 1 is 1.00 bits per heavy atom. The number of aromatic nitrogens is 1. The maximum atomic E-state index is 14.5. The molecule has 2 saturated heterocycles. The first-order chi connectivity index (χ1) is 16.6. The highest BCUT2D eigenvalue weighted by Gasteiger charge is 2.43. The topological polar surface area (TPSA) is 51.7 Å². The highest BCUT2D eigenvalue weighted by atomic mass is 19.1. The van der Waals surface area contributed by atoms with E-state index in [0.29, 0.717) is 64.3 Å². The van der Waals surface area contributed by atoms with Crippen LogP contribution in [0.5, 0.6) is 0 Å². The summed E-state index contributed by atoms with van der Waals surface area (Å²) in [6.45, 7) is 3.36.